The number of para-hydroxylation sites is 1. The van der Waals surface area contributed by atoms with Gasteiger partial charge < -0.3 is 0 Å². The monoisotopic (exact) mass is 299 g/mol. The van der Waals surface area contributed by atoms with Gasteiger partial charge in [0.15, 0.2) is 11.0 Å². The van der Waals surface area contributed by atoms with Crippen LogP contribution in [0.4, 0.5) is 0 Å². The van der Waals surface area contributed by atoms with E-state index in [2.05, 4.69) is 25.7 Å². The van der Waals surface area contributed by atoms with Crippen LogP contribution in [0.5, 0.6) is 0 Å². The van der Waals surface area contributed by atoms with Gasteiger partial charge in [-0.3, -0.25) is 9.47 Å². The number of aromatic nitrogens is 3. The lowest BCUT2D eigenvalue weighted by atomic mass is 10.3. The van der Waals surface area contributed by atoms with Crippen molar-refractivity contribution in [2.24, 2.45) is 0 Å². The third-order valence-corrected chi connectivity index (χ3v) is 4.34. The van der Waals surface area contributed by atoms with Crippen molar-refractivity contribution >= 4 is 11.8 Å². The molecule has 5 nitrogen and oxygen atoms in total. The fourth-order valence-corrected chi connectivity index (χ4v) is 3.20. The smallest absolute Gasteiger partial charge is 0.196 e. The Labute approximate surface area is 128 Å². The molecule has 3 rings (SSSR count). The van der Waals surface area contributed by atoms with E-state index in [4.69, 9.17) is 5.26 Å². The van der Waals surface area contributed by atoms with E-state index >= 15 is 0 Å². The predicted octanol–water partition coefficient (Wildman–Crippen LogP) is 2.48. The highest BCUT2D eigenvalue weighted by molar-refractivity contribution is 7.99. The molecule has 108 valence electrons. The fourth-order valence-electron chi connectivity index (χ4n) is 2.57. The number of nitrogens with zero attached hydrogens (tertiary/aromatic N) is 5. The van der Waals surface area contributed by atoms with Crippen LogP contribution in [0.2, 0.25) is 0 Å². The van der Waals surface area contributed by atoms with Gasteiger partial charge in [0.25, 0.3) is 0 Å². The Morgan fingerprint density at radius 1 is 1.14 bits per heavy atom. The van der Waals surface area contributed by atoms with Crippen molar-refractivity contribution in [3.63, 3.8) is 0 Å². The Bertz CT molecular complexity index is 625. The first-order chi connectivity index (χ1) is 10.4. The summed E-state index contributed by atoms with van der Waals surface area (Å²) in [5.74, 6) is 1.33. The van der Waals surface area contributed by atoms with Gasteiger partial charge in [-0.25, -0.2) is 0 Å². The average Bonchev–Trinajstić information content (AvgIpc) is 3.16. The van der Waals surface area contributed by atoms with Crippen LogP contribution in [0.25, 0.3) is 5.69 Å². The number of hydrogen-bond acceptors (Lipinski definition) is 5. The molecule has 0 atom stereocenters. The zero-order valence-corrected chi connectivity index (χ0v) is 12.6. The second kappa shape index (κ2) is 6.74. The molecule has 6 heteroatoms. The Morgan fingerprint density at radius 2 is 1.90 bits per heavy atom. The second-order valence-electron chi connectivity index (χ2n) is 5.00. The van der Waals surface area contributed by atoms with E-state index in [0.29, 0.717) is 5.75 Å². The van der Waals surface area contributed by atoms with Crippen LogP contribution in [0, 0.1) is 11.3 Å². The minimum absolute atomic E-state index is 0.384. The van der Waals surface area contributed by atoms with Crippen molar-refractivity contribution in [3.8, 4) is 11.8 Å². The topological polar surface area (TPSA) is 57.7 Å². The van der Waals surface area contributed by atoms with Crippen molar-refractivity contribution in [1.82, 2.24) is 19.7 Å². The Hall–Kier alpha value is -1.84. The molecule has 0 amide bonds. The molecule has 1 saturated heterocycles. The molecule has 0 radical (unpaired) electrons. The number of benzene rings is 1. The highest BCUT2D eigenvalue weighted by Gasteiger charge is 2.19. The number of hydrogen-bond donors (Lipinski definition) is 0. The zero-order chi connectivity index (χ0) is 14.5. The molecular weight excluding hydrogens is 282 g/mol. The van der Waals surface area contributed by atoms with Gasteiger partial charge in [-0.2, -0.15) is 5.26 Å². The summed E-state index contributed by atoms with van der Waals surface area (Å²) in [4.78, 5) is 2.40. The van der Waals surface area contributed by atoms with E-state index in [1.807, 2.05) is 30.3 Å². The normalized spacial score (nSPS) is 15.2. The molecule has 1 aromatic carbocycles. The molecule has 21 heavy (non-hydrogen) atoms. The Morgan fingerprint density at radius 3 is 2.62 bits per heavy atom. The molecule has 1 aliphatic rings. The SMILES string of the molecule is N#CCSc1nnc(CN2CCCC2)n1-c1ccccc1. The van der Waals surface area contributed by atoms with Crippen LogP contribution in [0.15, 0.2) is 35.5 Å². The second-order valence-corrected chi connectivity index (χ2v) is 5.94. The number of rotatable bonds is 5. The number of thioether (sulfide) groups is 1. The van der Waals surface area contributed by atoms with Crippen molar-refractivity contribution in [1.29, 1.82) is 5.26 Å². The molecule has 0 bridgehead atoms. The largest absolute Gasteiger partial charge is 0.296 e. The first kappa shape index (κ1) is 14.1. The van der Waals surface area contributed by atoms with Crippen LogP contribution in [0.1, 0.15) is 18.7 Å². The van der Waals surface area contributed by atoms with Gasteiger partial charge in [-0.05, 0) is 38.1 Å². The van der Waals surface area contributed by atoms with Crippen LogP contribution >= 0.6 is 11.8 Å². The summed E-state index contributed by atoms with van der Waals surface area (Å²) >= 11 is 1.43. The first-order valence-electron chi connectivity index (χ1n) is 7.10. The van der Waals surface area contributed by atoms with Crippen molar-refractivity contribution < 1.29 is 0 Å². The van der Waals surface area contributed by atoms with Crippen molar-refractivity contribution in [2.75, 3.05) is 18.8 Å². The molecule has 1 fully saturated rings. The summed E-state index contributed by atoms with van der Waals surface area (Å²) in [6.45, 7) is 3.07. The molecule has 0 aliphatic carbocycles. The van der Waals surface area contributed by atoms with Crippen LogP contribution in [-0.2, 0) is 6.54 Å². The highest BCUT2D eigenvalue weighted by atomic mass is 32.2. The zero-order valence-electron chi connectivity index (χ0n) is 11.8. The van der Waals surface area contributed by atoms with Crippen LogP contribution in [-0.4, -0.2) is 38.5 Å². The number of nitriles is 1. The third kappa shape index (κ3) is 3.26. The quantitative estimate of drug-likeness (QED) is 0.794. The van der Waals surface area contributed by atoms with Gasteiger partial charge in [-0.15, -0.1) is 10.2 Å². The minimum atomic E-state index is 0.384. The van der Waals surface area contributed by atoms with Crippen LogP contribution in [0.3, 0.4) is 0 Å². The summed E-state index contributed by atoms with van der Waals surface area (Å²) < 4.78 is 2.07. The standard InChI is InChI=1S/C15H17N5S/c16-8-11-21-15-18-17-14(12-19-9-4-5-10-19)20(15)13-6-2-1-3-7-13/h1-3,6-7H,4-5,9-12H2. The van der Waals surface area contributed by atoms with Gasteiger partial charge in [-0.1, -0.05) is 30.0 Å². The van der Waals surface area contributed by atoms with Gasteiger partial charge in [0.1, 0.15) is 0 Å². The molecule has 0 unspecified atom stereocenters. The summed E-state index contributed by atoms with van der Waals surface area (Å²) in [6.07, 6.45) is 2.52. The summed E-state index contributed by atoms with van der Waals surface area (Å²) in [7, 11) is 0. The van der Waals surface area contributed by atoms with Crippen molar-refractivity contribution in [3.05, 3.63) is 36.2 Å². The van der Waals surface area contributed by atoms with Gasteiger partial charge in [0.05, 0.1) is 18.4 Å². The molecule has 2 aromatic rings. The predicted molar refractivity (Wildman–Crippen MR) is 82.2 cm³/mol. The van der Waals surface area contributed by atoms with Gasteiger partial charge in [0.2, 0.25) is 0 Å². The summed E-state index contributed by atoms with van der Waals surface area (Å²) in [5.41, 5.74) is 1.05. The van der Waals surface area contributed by atoms with E-state index in [9.17, 15) is 0 Å². The maximum absolute atomic E-state index is 8.79. The van der Waals surface area contributed by atoms with Crippen LogP contribution < -0.4 is 0 Å². The van der Waals surface area contributed by atoms with E-state index in [1.165, 1.54) is 24.6 Å². The molecule has 0 saturated carbocycles. The van der Waals surface area contributed by atoms with E-state index in [0.717, 1.165) is 36.3 Å². The molecule has 0 spiro atoms. The van der Waals surface area contributed by atoms with E-state index in [-0.39, 0.29) is 0 Å². The maximum atomic E-state index is 8.79. The summed E-state index contributed by atoms with van der Waals surface area (Å²) in [5, 5.41) is 18.2. The van der Waals surface area contributed by atoms with Crippen molar-refractivity contribution in [2.45, 2.75) is 24.5 Å². The Kier molecular flexibility index (Phi) is 4.53. The lowest BCUT2D eigenvalue weighted by Gasteiger charge is -2.15. The van der Waals surface area contributed by atoms with Gasteiger partial charge >= 0.3 is 0 Å². The van der Waals surface area contributed by atoms with Gasteiger partial charge in [0, 0.05) is 5.69 Å². The lowest BCUT2D eigenvalue weighted by molar-refractivity contribution is 0.319. The third-order valence-electron chi connectivity index (χ3n) is 3.54. The number of likely N-dealkylation sites (tertiary alicyclic amines) is 1. The minimum Gasteiger partial charge on any atom is -0.296 e. The van der Waals surface area contributed by atoms with E-state index < -0.39 is 0 Å². The fraction of sp³-hybridized carbons (Fsp3) is 0.400. The first-order valence-corrected chi connectivity index (χ1v) is 8.09. The molecule has 1 aromatic heterocycles. The highest BCUT2D eigenvalue weighted by Crippen LogP contribution is 2.23. The van der Waals surface area contributed by atoms with E-state index in [1.54, 1.807) is 0 Å². The molecule has 2 heterocycles. The molecular formula is C15H17N5S. The molecule has 0 N–H and O–H groups in total. The molecule has 1 aliphatic heterocycles. The summed E-state index contributed by atoms with van der Waals surface area (Å²) in [6, 6.07) is 12.3. The average molecular weight is 299 g/mol. The Balaban J connectivity index is 1.92. The maximum Gasteiger partial charge on any atom is 0.196 e. The lowest BCUT2D eigenvalue weighted by Crippen LogP contribution is -2.21.